The maximum Gasteiger partial charge on any atom is 0.262 e. The average molecular weight is 368 g/mol. The molecule has 1 aliphatic heterocycles. The summed E-state index contributed by atoms with van der Waals surface area (Å²) in [4.78, 5) is 40.1. The Morgan fingerprint density at radius 1 is 0.714 bits per heavy atom. The summed E-state index contributed by atoms with van der Waals surface area (Å²) in [6.45, 7) is 1.60. The molecule has 2 heterocycles. The molecule has 0 aliphatic carbocycles. The van der Waals surface area contributed by atoms with Crippen LogP contribution in [-0.4, -0.2) is 33.2 Å². The van der Waals surface area contributed by atoms with E-state index in [1.807, 2.05) is 48.5 Å². The third kappa shape index (κ3) is 2.10. The van der Waals surface area contributed by atoms with Gasteiger partial charge in [-0.05, 0) is 31.2 Å². The van der Waals surface area contributed by atoms with Crippen LogP contribution in [0.1, 0.15) is 32.4 Å². The molecule has 2 amide bonds. The first-order chi connectivity index (χ1) is 13.6. The van der Waals surface area contributed by atoms with Crippen LogP contribution in [0.25, 0.3) is 21.8 Å². The van der Waals surface area contributed by atoms with Crippen LogP contribution in [0.3, 0.4) is 0 Å². The predicted octanol–water partition coefficient (Wildman–Crippen LogP) is 4.12. The lowest BCUT2D eigenvalue weighted by atomic mass is 10.1. The van der Waals surface area contributed by atoms with E-state index in [4.69, 9.17) is 0 Å². The molecule has 0 N–H and O–H groups in total. The van der Waals surface area contributed by atoms with E-state index in [0.29, 0.717) is 11.1 Å². The molecule has 1 aliphatic rings. The number of rotatable bonds is 2. The van der Waals surface area contributed by atoms with Crippen molar-refractivity contribution in [2.75, 3.05) is 0 Å². The Morgan fingerprint density at radius 3 is 1.64 bits per heavy atom. The molecule has 0 spiro atoms. The van der Waals surface area contributed by atoms with Gasteiger partial charge in [0.2, 0.25) is 0 Å². The molecule has 5 heteroatoms. The second-order valence-corrected chi connectivity index (χ2v) is 6.91. The third-order valence-electron chi connectivity index (χ3n) is 5.37. The number of hydrogen-bond acceptors (Lipinski definition) is 3. The Morgan fingerprint density at radius 2 is 1.14 bits per heavy atom. The number of hydrogen-bond donors (Lipinski definition) is 0. The van der Waals surface area contributed by atoms with Gasteiger partial charge in [-0.15, -0.1) is 0 Å². The van der Waals surface area contributed by atoms with Crippen molar-refractivity contribution in [3.8, 4) is 0 Å². The predicted molar refractivity (Wildman–Crippen MR) is 106 cm³/mol. The average Bonchev–Trinajstić information content (AvgIpc) is 3.20. The fourth-order valence-corrected chi connectivity index (χ4v) is 4.02. The van der Waals surface area contributed by atoms with Gasteiger partial charge < -0.3 is 0 Å². The highest BCUT2D eigenvalue weighted by Gasteiger charge is 2.41. The second kappa shape index (κ2) is 5.89. The van der Waals surface area contributed by atoms with Crippen molar-refractivity contribution in [3.63, 3.8) is 0 Å². The fourth-order valence-electron chi connectivity index (χ4n) is 4.02. The monoisotopic (exact) mass is 368 g/mol. The van der Waals surface area contributed by atoms with Crippen LogP contribution in [0.15, 0.2) is 72.8 Å². The van der Waals surface area contributed by atoms with E-state index < -0.39 is 17.9 Å². The van der Waals surface area contributed by atoms with E-state index in [2.05, 4.69) is 0 Å². The molecule has 0 radical (unpaired) electrons. The van der Waals surface area contributed by atoms with E-state index in [0.717, 1.165) is 26.7 Å². The van der Waals surface area contributed by atoms with Crippen molar-refractivity contribution in [1.82, 2.24) is 9.47 Å². The maximum absolute atomic E-state index is 13.5. The van der Waals surface area contributed by atoms with Crippen molar-refractivity contribution in [3.05, 3.63) is 83.9 Å². The van der Waals surface area contributed by atoms with Crippen molar-refractivity contribution in [2.24, 2.45) is 0 Å². The summed E-state index contributed by atoms with van der Waals surface area (Å²) >= 11 is 0. The molecule has 1 atom stereocenters. The Balaban J connectivity index is 1.65. The number of nitrogens with zero attached hydrogens (tertiary/aromatic N) is 2. The summed E-state index contributed by atoms with van der Waals surface area (Å²) < 4.78 is 1.61. The van der Waals surface area contributed by atoms with E-state index in [1.165, 1.54) is 0 Å². The molecule has 5 nitrogen and oxygen atoms in total. The van der Waals surface area contributed by atoms with Gasteiger partial charge >= 0.3 is 0 Å². The van der Waals surface area contributed by atoms with Gasteiger partial charge in [-0.25, -0.2) is 0 Å². The second-order valence-electron chi connectivity index (χ2n) is 6.91. The highest BCUT2D eigenvalue weighted by molar-refractivity contribution is 6.23. The topological polar surface area (TPSA) is 59.4 Å². The zero-order chi connectivity index (χ0) is 19.4. The molecule has 0 fully saturated rings. The summed E-state index contributed by atoms with van der Waals surface area (Å²) in [5, 5.41) is 1.92. The van der Waals surface area contributed by atoms with Crippen molar-refractivity contribution < 1.29 is 14.4 Å². The van der Waals surface area contributed by atoms with Crippen LogP contribution < -0.4 is 0 Å². The number of para-hydroxylation sites is 2. The quantitative estimate of drug-likeness (QED) is 0.500. The highest BCUT2D eigenvalue weighted by Crippen LogP contribution is 2.31. The Labute approximate surface area is 160 Å². The van der Waals surface area contributed by atoms with Gasteiger partial charge in [0, 0.05) is 10.8 Å². The summed E-state index contributed by atoms with van der Waals surface area (Å²) in [5.74, 6) is -1.17. The molecular weight excluding hydrogens is 352 g/mol. The normalized spacial score (nSPS) is 14.7. The van der Waals surface area contributed by atoms with Gasteiger partial charge in [0.1, 0.15) is 6.04 Å². The van der Waals surface area contributed by atoms with Crippen molar-refractivity contribution >= 4 is 39.5 Å². The number of fused-ring (bicyclic) bond motifs is 4. The SMILES string of the molecule is C[C@@H](C(=O)n1c2ccccc2c2ccccc21)N1C(=O)c2ccccc2C1=O. The largest absolute Gasteiger partial charge is 0.278 e. The van der Waals surface area contributed by atoms with Crippen LogP contribution >= 0.6 is 0 Å². The van der Waals surface area contributed by atoms with Crippen LogP contribution in [0.5, 0.6) is 0 Å². The first-order valence-corrected chi connectivity index (χ1v) is 9.09. The zero-order valence-electron chi connectivity index (χ0n) is 15.1. The van der Waals surface area contributed by atoms with Crippen LogP contribution in [0, 0.1) is 0 Å². The van der Waals surface area contributed by atoms with E-state index >= 15 is 0 Å². The molecule has 1 aromatic heterocycles. The summed E-state index contributed by atoms with van der Waals surface area (Å²) in [6, 6.07) is 21.0. The minimum Gasteiger partial charge on any atom is -0.278 e. The minimum absolute atomic E-state index is 0.313. The zero-order valence-corrected chi connectivity index (χ0v) is 15.1. The van der Waals surface area contributed by atoms with E-state index in [-0.39, 0.29) is 5.91 Å². The summed E-state index contributed by atoms with van der Waals surface area (Å²) in [7, 11) is 0. The van der Waals surface area contributed by atoms with Gasteiger partial charge in [-0.3, -0.25) is 23.9 Å². The number of carbonyl (C=O) groups excluding carboxylic acids is 3. The number of amides is 2. The number of imide groups is 1. The van der Waals surface area contributed by atoms with Gasteiger partial charge in [0.15, 0.2) is 0 Å². The molecule has 0 bridgehead atoms. The Hall–Kier alpha value is -3.73. The van der Waals surface area contributed by atoms with E-state index in [9.17, 15) is 14.4 Å². The molecule has 4 aromatic rings. The standard InChI is InChI=1S/C23H16N2O3/c1-14(24-22(27)17-10-2-3-11-18(17)23(24)28)21(26)25-19-12-6-4-8-15(19)16-9-5-7-13-20(16)25/h2-14H,1H3/t14-/m0/s1. The highest BCUT2D eigenvalue weighted by atomic mass is 16.2. The molecule has 3 aromatic carbocycles. The number of benzene rings is 3. The molecule has 0 saturated carbocycles. The Kier molecular flexibility index (Phi) is 3.46. The molecule has 0 unspecified atom stereocenters. The van der Waals surface area contributed by atoms with Gasteiger partial charge in [0.05, 0.1) is 22.2 Å². The van der Waals surface area contributed by atoms with Crippen molar-refractivity contribution in [1.29, 1.82) is 0 Å². The fraction of sp³-hybridized carbons (Fsp3) is 0.0870. The molecule has 5 rings (SSSR count). The number of carbonyl (C=O) groups is 3. The van der Waals surface area contributed by atoms with Crippen LogP contribution in [0.2, 0.25) is 0 Å². The van der Waals surface area contributed by atoms with Gasteiger partial charge in [-0.1, -0.05) is 48.5 Å². The summed E-state index contributed by atoms with van der Waals surface area (Å²) in [6.07, 6.45) is 0. The lowest BCUT2D eigenvalue weighted by molar-refractivity contribution is 0.0532. The molecule has 0 saturated heterocycles. The lowest BCUT2D eigenvalue weighted by Gasteiger charge is -2.22. The maximum atomic E-state index is 13.5. The van der Waals surface area contributed by atoms with E-state index in [1.54, 1.807) is 35.8 Å². The van der Waals surface area contributed by atoms with Gasteiger partial charge in [0.25, 0.3) is 17.7 Å². The first-order valence-electron chi connectivity index (χ1n) is 9.09. The third-order valence-corrected chi connectivity index (χ3v) is 5.37. The number of aromatic nitrogens is 1. The van der Waals surface area contributed by atoms with Crippen LogP contribution in [-0.2, 0) is 0 Å². The van der Waals surface area contributed by atoms with Crippen LogP contribution in [0.4, 0.5) is 0 Å². The minimum atomic E-state index is -0.924. The Bertz CT molecular complexity index is 1210. The lowest BCUT2D eigenvalue weighted by Crippen LogP contribution is -2.44. The van der Waals surface area contributed by atoms with Crippen molar-refractivity contribution in [2.45, 2.75) is 13.0 Å². The smallest absolute Gasteiger partial charge is 0.262 e. The molecule has 136 valence electrons. The van der Waals surface area contributed by atoms with Gasteiger partial charge in [-0.2, -0.15) is 0 Å². The summed E-state index contributed by atoms with van der Waals surface area (Å²) in [5.41, 5.74) is 2.21. The first kappa shape index (κ1) is 16.4. The molecular formula is C23H16N2O3. The molecule has 28 heavy (non-hydrogen) atoms.